The van der Waals surface area contributed by atoms with Gasteiger partial charge in [-0.1, -0.05) is 46.7 Å². The molecule has 0 N–H and O–H groups in total. The van der Waals surface area contributed by atoms with E-state index in [2.05, 4.69) is 63.6 Å². The Morgan fingerprint density at radius 3 is 2.78 bits per heavy atom. The lowest BCUT2D eigenvalue weighted by molar-refractivity contribution is 0.375. The molecule has 1 atom stereocenters. The first-order valence-electron chi connectivity index (χ1n) is 8.98. The van der Waals surface area contributed by atoms with Crippen molar-refractivity contribution in [2.45, 2.75) is 42.9 Å². The minimum atomic E-state index is 0.0360. The Labute approximate surface area is 165 Å². The van der Waals surface area contributed by atoms with Crippen LogP contribution in [0.15, 0.2) is 45.5 Å². The van der Waals surface area contributed by atoms with Crippen LogP contribution in [-0.2, 0) is 0 Å². The Balaban J connectivity index is 1.50. The molecular formula is C20H18N4OS2. The number of thiophene rings is 1. The number of fused-ring (bicyclic) bond motifs is 1. The highest BCUT2D eigenvalue weighted by atomic mass is 32.2. The molecule has 7 heteroatoms. The van der Waals surface area contributed by atoms with Crippen LogP contribution in [0.1, 0.15) is 48.2 Å². The lowest BCUT2D eigenvalue weighted by Gasteiger charge is -2.08. The number of thioether (sulfide) groups is 1. The minimum absolute atomic E-state index is 0.0360. The first kappa shape index (κ1) is 16.9. The van der Waals surface area contributed by atoms with Crippen molar-refractivity contribution < 1.29 is 4.52 Å². The van der Waals surface area contributed by atoms with Crippen LogP contribution < -0.4 is 0 Å². The third-order valence-corrected chi connectivity index (χ3v) is 6.71. The van der Waals surface area contributed by atoms with Gasteiger partial charge >= 0.3 is 0 Å². The van der Waals surface area contributed by atoms with Crippen LogP contribution in [0.2, 0.25) is 0 Å². The van der Waals surface area contributed by atoms with E-state index in [1.807, 2.05) is 0 Å². The van der Waals surface area contributed by atoms with Crippen molar-refractivity contribution in [3.05, 3.63) is 53.3 Å². The minimum Gasteiger partial charge on any atom is -0.338 e. The van der Waals surface area contributed by atoms with Gasteiger partial charge in [0.1, 0.15) is 16.2 Å². The molecule has 1 fully saturated rings. The van der Waals surface area contributed by atoms with Crippen molar-refractivity contribution in [3.8, 4) is 11.1 Å². The zero-order valence-corrected chi connectivity index (χ0v) is 16.7. The van der Waals surface area contributed by atoms with Crippen molar-refractivity contribution in [1.82, 2.24) is 20.1 Å². The number of rotatable bonds is 5. The molecule has 5 nitrogen and oxygen atoms in total. The molecule has 0 radical (unpaired) electrons. The van der Waals surface area contributed by atoms with Gasteiger partial charge < -0.3 is 4.52 Å². The quantitative estimate of drug-likeness (QED) is 0.316. The second kappa shape index (κ2) is 6.73. The van der Waals surface area contributed by atoms with Crippen molar-refractivity contribution >= 4 is 33.3 Å². The summed E-state index contributed by atoms with van der Waals surface area (Å²) in [4.78, 5) is 14.6. The monoisotopic (exact) mass is 394 g/mol. The molecular weight excluding hydrogens is 376 g/mol. The first-order valence-corrected chi connectivity index (χ1v) is 10.7. The summed E-state index contributed by atoms with van der Waals surface area (Å²) in [6.45, 7) is 4.18. The van der Waals surface area contributed by atoms with Gasteiger partial charge in [0.25, 0.3) is 0 Å². The molecule has 0 spiro atoms. The maximum absolute atomic E-state index is 5.50. The van der Waals surface area contributed by atoms with Crippen LogP contribution in [0.3, 0.4) is 0 Å². The summed E-state index contributed by atoms with van der Waals surface area (Å²) in [6.07, 6.45) is 3.97. The number of aromatic nitrogens is 4. The van der Waals surface area contributed by atoms with E-state index in [4.69, 9.17) is 4.52 Å². The molecule has 1 unspecified atom stereocenters. The smallest absolute Gasteiger partial charge is 0.239 e. The van der Waals surface area contributed by atoms with Crippen LogP contribution in [0.25, 0.3) is 21.3 Å². The summed E-state index contributed by atoms with van der Waals surface area (Å²) < 4.78 is 5.50. The Morgan fingerprint density at radius 2 is 2.00 bits per heavy atom. The van der Waals surface area contributed by atoms with Crippen molar-refractivity contribution in [3.63, 3.8) is 0 Å². The lowest BCUT2D eigenvalue weighted by Crippen LogP contribution is -1.93. The molecule has 0 saturated heterocycles. The molecule has 0 aliphatic heterocycles. The van der Waals surface area contributed by atoms with Gasteiger partial charge in [-0.25, -0.2) is 9.97 Å². The van der Waals surface area contributed by atoms with Crippen molar-refractivity contribution in [2.24, 2.45) is 0 Å². The second-order valence-corrected chi connectivity index (χ2v) is 9.09. The zero-order valence-electron chi connectivity index (χ0n) is 15.0. The fourth-order valence-corrected chi connectivity index (χ4v) is 4.96. The fraction of sp³-hybridized carbons (Fsp3) is 0.300. The third kappa shape index (κ3) is 3.26. The summed E-state index contributed by atoms with van der Waals surface area (Å²) >= 11 is 3.30. The largest absolute Gasteiger partial charge is 0.338 e. The number of aryl methyl sites for hydroxylation is 1. The van der Waals surface area contributed by atoms with Gasteiger partial charge in [0.15, 0.2) is 5.82 Å². The molecule has 3 heterocycles. The average molecular weight is 395 g/mol. The molecule has 136 valence electrons. The topological polar surface area (TPSA) is 64.7 Å². The van der Waals surface area contributed by atoms with E-state index in [-0.39, 0.29) is 5.25 Å². The van der Waals surface area contributed by atoms with Gasteiger partial charge in [-0.05, 0) is 32.3 Å². The summed E-state index contributed by atoms with van der Waals surface area (Å²) in [6, 6.07) is 8.58. The Morgan fingerprint density at radius 1 is 1.19 bits per heavy atom. The predicted molar refractivity (Wildman–Crippen MR) is 108 cm³/mol. The molecule has 4 aromatic rings. The molecule has 3 aromatic heterocycles. The lowest BCUT2D eigenvalue weighted by atomic mass is 10.1. The Kier molecular flexibility index (Phi) is 4.21. The summed E-state index contributed by atoms with van der Waals surface area (Å²) in [7, 11) is 0. The number of hydrogen-bond acceptors (Lipinski definition) is 7. The predicted octanol–water partition coefficient (Wildman–Crippen LogP) is 5.78. The molecule has 1 aliphatic rings. The number of benzene rings is 1. The van der Waals surface area contributed by atoms with Crippen LogP contribution in [0, 0.1) is 6.92 Å². The van der Waals surface area contributed by atoms with E-state index in [9.17, 15) is 0 Å². The van der Waals surface area contributed by atoms with E-state index in [0.29, 0.717) is 11.8 Å². The van der Waals surface area contributed by atoms with Crippen LogP contribution in [0.4, 0.5) is 0 Å². The van der Waals surface area contributed by atoms with E-state index in [1.54, 1.807) is 29.4 Å². The highest BCUT2D eigenvalue weighted by molar-refractivity contribution is 7.99. The molecule has 1 aliphatic carbocycles. The van der Waals surface area contributed by atoms with Gasteiger partial charge in [-0.3, -0.25) is 0 Å². The van der Waals surface area contributed by atoms with Crippen LogP contribution >= 0.6 is 23.1 Å². The first-order chi connectivity index (χ1) is 13.2. The maximum Gasteiger partial charge on any atom is 0.239 e. The van der Waals surface area contributed by atoms with Gasteiger partial charge in [0, 0.05) is 16.9 Å². The maximum atomic E-state index is 5.50. The third-order valence-electron chi connectivity index (χ3n) is 4.73. The van der Waals surface area contributed by atoms with Gasteiger partial charge in [0.2, 0.25) is 5.89 Å². The van der Waals surface area contributed by atoms with Crippen LogP contribution in [-0.4, -0.2) is 20.1 Å². The van der Waals surface area contributed by atoms with E-state index in [0.717, 1.165) is 21.1 Å². The average Bonchev–Trinajstić information content (AvgIpc) is 3.24. The van der Waals surface area contributed by atoms with E-state index < -0.39 is 0 Å². The molecule has 27 heavy (non-hydrogen) atoms. The molecule has 5 rings (SSSR count). The summed E-state index contributed by atoms with van der Waals surface area (Å²) in [5, 5.41) is 8.39. The summed E-state index contributed by atoms with van der Waals surface area (Å²) in [5.41, 5.74) is 3.61. The van der Waals surface area contributed by atoms with Gasteiger partial charge in [-0.2, -0.15) is 4.98 Å². The SMILES string of the molecule is Cc1ccc(-c2csc3ncnc(SC(C)c4nc(C5CC5)no4)c23)cc1. The van der Waals surface area contributed by atoms with Crippen LogP contribution in [0.5, 0.6) is 0 Å². The van der Waals surface area contributed by atoms with Gasteiger partial charge in [-0.15, -0.1) is 11.3 Å². The molecule has 1 saturated carbocycles. The number of hydrogen-bond donors (Lipinski definition) is 0. The Hall–Kier alpha value is -2.25. The molecule has 0 amide bonds. The van der Waals surface area contributed by atoms with E-state index >= 15 is 0 Å². The fourth-order valence-electron chi connectivity index (χ4n) is 3.02. The highest BCUT2D eigenvalue weighted by Gasteiger charge is 2.30. The highest BCUT2D eigenvalue weighted by Crippen LogP contribution is 2.43. The van der Waals surface area contributed by atoms with Crippen molar-refractivity contribution in [2.75, 3.05) is 0 Å². The Bertz CT molecular complexity index is 1100. The second-order valence-electron chi connectivity index (χ2n) is 6.90. The standard InChI is InChI=1S/C20H18N4OS2/c1-11-3-5-13(6-4-11)15-9-26-19-16(15)20(22-10-21-19)27-12(2)18-23-17(24-25-18)14-7-8-14/h3-6,9-10,12,14H,7-8H2,1-2H3. The summed E-state index contributed by atoms with van der Waals surface area (Å²) in [5.74, 6) is 2.01. The normalized spacial score (nSPS) is 15.3. The van der Waals surface area contributed by atoms with Crippen molar-refractivity contribution in [1.29, 1.82) is 0 Å². The van der Waals surface area contributed by atoms with Gasteiger partial charge in [0.05, 0.1) is 10.6 Å². The molecule has 0 bridgehead atoms. The van der Waals surface area contributed by atoms with E-state index in [1.165, 1.54) is 29.5 Å². The number of nitrogens with zero attached hydrogens (tertiary/aromatic N) is 4. The molecule has 1 aromatic carbocycles. The zero-order chi connectivity index (χ0) is 18.4.